The number of thioether (sulfide) groups is 1. The second-order valence-corrected chi connectivity index (χ2v) is 7.83. The van der Waals surface area contributed by atoms with Crippen LogP contribution in [0.1, 0.15) is 0 Å². The van der Waals surface area contributed by atoms with Gasteiger partial charge in [0.05, 0.1) is 10.6 Å². The Labute approximate surface area is 138 Å². The predicted molar refractivity (Wildman–Crippen MR) is 88.8 cm³/mol. The molecule has 1 N–H and O–H groups in total. The molecule has 0 atom stereocenters. The summed E-state index contributed by atoms with van der Waals surface area (Å²) in [4.78, 5) is 8.83. The normalized spacial score (nSPS) is 11.5. The first-order chi connectivity index (χ1) is 11.1. The topological polar surface area (TPSA) is 88.6 Å². The molecule has 118 valence electrons. The third-order valence-electron chi connectivity index (χ3n) is 3.06. The minimum absolute atomic E-state index is 0.0368. The molecule has 0 aliphatic rings. The molecule has 0 aliphatic heterocycles. The molecule has 0 saturated carbocycles. The van der Waals surface area contributed by atoms with Crippen LogP contribution < -0.4 is 0 Å². The molecule has 0 aliphatic carbocycles. The van der Waals surface area contributed by atoms with Gasteiger partial charge in [0.25, 0.3) is 0 Å². The summed E-state index contributed by atoms with van der Waals surface area (Å²) in [5.74, 6) is 0.991. The average Bonchev–Trinajstić information content (AvgIpc) is 3.05. The first kappa shape index (κ1) is 15.7. The summed E-state index contributed by atoms with van der Waals surface area (Å²) in [6.07, 6.45) is 1.68. The van der Waals surface area contributed by atoms with Crippen LogP contribution in [0.5, 0.6) is 0 Å². The highest BCUT2D eigenvalue weighted by Gasteiger charge is 2.14. The van der Waals surface area contributed by atoms with E-state index in [-0.39, 0.29) is 5.75 Å². The summed E-state index contributed by atoms with van der Waals surface area (Å²) in [5.41, 5.74) is 0.698. The molecule has 0 unspecified atom stereocenters. The van der Waals surface area contributed by atoms with Gasteiger partial charge in [-0.1, -0.05) is 36.0 Å². The lowest BCUT2D eigenvalue weighted by Crippen LogP contribution is -2.08. The van der Waals surface area contributed by atoms with E-state index in [2.05, 4.69) is 20.2 Å². The predicted octanol–water partition coefficient (Wildman–Crippen LogP) is 2.43. The van der Waals surface area contributed by atoms with Crippen LogP contribution in [-0.4, -0.2) is 40.1 Å². The van der Waals surface area contributed by atoms with Gasteiger partial charge in [0, 0.05) is 11.9 Å². The molecular weight excluding hydrogens is 332 g/mol. The number of nitrogens with one attached hydrogen (secondary N) is 1. The molecule has 2 aromatic heterocycles. The third-order valence-corrected chi connectivity index (χ3v) is 5.90. The molecule has 0 saturated heterocycles. The summed E-state index contributed by atoms with van der Waals surface area (Å²) in [6.45, 7) is 0. The van der Waals surface area contributed by atoms with Crippen molar-refractivity contribution in [3.63, 3.8) is 0 Å². The van der Waals surface area contributed by atoms with E-state index in [0.717, 1.165) is 0 Å². The van der Waals surface area contributed by atoms with E-state index >= 15 is 0 Å². The van der Waals surface area contributed by atoms with E-state index in [1.807, 2.05) is 18.2 Å². The first-order valence-corrected chi connectivity index (χ1v) is 9.53. The van der Waals surface area contributed by atoms with Gasteiger partial charge in [-0.05, 0) is 24.3 Å². The van der Waals surface area contributed by atoms with Crippen LogP contribution >= 0.6 is 11.8 Å². The molecule has 6 nitrogen and oxygen atoms in total. The number of sulfone groups is 1. The van der Waals surface area contributed by atoms with Gasteiger partial charge in [0.15, 0.2) is 15.7 Å². The van der Waals surface area contributed by atoms with Crippen LogP contribution in [0.2, 0.25) is 0 Å². The van der Waals surface area contributed by atoms with Crippen molar-refractivity contribution in [1.29, 1.82) is 0 Å². The van der Waals surface area contributed by atoms with Crippen molar-refractivity contribution in [3.8, 4) is 11.5 Å². The highest BCUT2D eigenvalue weighted by atomic mass is 32.2. The van der Waals surface area contributed by atoms with Gasteiger partial charge in [0.2, 0.25) is 5.16 Å². The lowest BCUT2D eigenvalue weighted by atomic mass is 10.3. The third kappa shape index (κ3) is 3.96. The summed E-state index contributed by atoms with van der Waals surface area (Å²) in [7, 11) is -3.27. The van der Waals surface area contributed by atoms with Crippen molar-refractivity contribution < 1.29 is 8.42 Å². The molecule has 0 fully saturated rings. The fraction of sp³-hybridized carbons (Fsp3) is 0.133. The van der Waals surface area contributed by atoms with Gasteiger partial charge < -0.3 is 0 Å². The molecule has 3 aromatic rings. The Balaban J connectivity index is 1.61. The summed E-state index contributed by atoms with van der Waals surface area (Å²) in [5, 5.41) is 7.39. The number of rotatable bonds is 6. The fourth-order valence-corrected chi connectivity index (χ4v) is 4.38. The number of H-pyrrole nitrogens is 1. The van der Waals surface area contributed by atoms with Gasteiger partial charge in [-0.2, -0.15) is 4.98 Å². The summed E-state index contributed by atoms with van der Waals surface area (Å²) in [6, 6.07) is 13.9. The Morgan fingerprint density at radius 3 is 2.57 bits per heavy atom. The average molecular weight is 346 g/mol. The van der Waals surface area contributed by atoms with Gasteiger partial charge in [-0.3, -0.25) is 10.1 Å². The van der Waals surface area contributed by atoms with E-state index in [1.165, 1.54) is 11.8 Å². The molecule has 0 amide bonds. The van der Waals surface area contributed by atoms with Gasteiger partial charge >= 0.3 is 0 Å². The molecule has 3 rings (SSSR count). The molecule has 1 aromatic carbocycles. The van der Waals surface area contributed by atoms with Crippen molar-refractivity contribution in [1.82, 2.24) is 20.2 Å². The molecule has 2 heterocycles. The standard InChI is InChI=1S/C15H14N4O2S2/c20-23(21,12-6-2-1-3-7-12)11-10-22-15-17-14(18-19-15)13-8-4-5-9-16-13/h1-9H,10-11H2,(H,17,18,19). The van der Waals surface area contributed by atoms with Crippen molar-refractivity contribution in [2.75, 3.05) is 11.5 Å². The monoisotopic (exact) mass is 346 g/mol. The number of hydrogen-bond donors (Lipinski definition) is 1. The van der Waals surface area contributed by atoms with Crippen LogP contribution in [0.25, 0.3) is 11.5 Å². The Hall–Kier alpha value is -2.19. The number of aromatic amines is 1. The zero-order chi connectivity index (χ0) is 16.1. The van der Waals surface area contributed by atoms with E-state index in [4.69, 9.17) is 0 Å². The van der Waals surface area contributed by atoms with Gasteiger partial charge in [-0.15, -0.1) is 5.10 Å². The summed E-state index contributed by atoms with van der Waals surface area (Å²) < 4.78 is 24.4. The first-order valence-electron chi connectivity index (χ1n) is 6.89. The Bertz CT molecular complexity index is 865. The molecule has 0 spiro atoms. The SMILES string of the molecule is O=S(=O)(CCSc1n[nH]c(-c2ccccn2)n1)c1ccccc1. The van der Waals surface area contributed by atoms with E-state index in [0.29, 0.717) is 27.3 Å². The summed E-state index contributed by atoms with van der Waals surface area (Å²) >= 11 is 1.30. The second kappa shape index (κ2) is 6.93. The quantitative estimate of drug-likeness (QED) is 0.690. The van der Waals surface area contributed by atoms with Crippen LogP contribution in [0.3, 0.4) is 0 Å². The molecule has 23 heavy (non-hydrogen) atoms. The van der Waals surface area contributed by atoms with Crippen molar-refractivity contribution in [3.05, 3.63) is 54.7 Å². The highest BCUT2D eigenvalue weighted by Crippen LogP contribution is 2.19. The molecule has 0 radical (unpaired) electrons. The van der Waals surface area contributed by atoms with Crippen molar-refractivity contribution in [2.24, 2.45) is 0 Å². The number of benzene rings is 1. The zero-order valence-corrected chi connectivity index (χ0v) is 13.7. The molecule has 8 heteroatoms. The van der Waals surface area contributed by atoms with E-state index < -0.39 is 9.84 Å². The number of hydrogen-bond acceptors (Lipinski definition) is 6. The molecular formula is C15H14N4O2S2. The number of aromatic nitrogens is 4. The largest absolute Gasteiger partial charge is 0.257 e. The zero-order valence-electron chi connectivity index (χ0n) is 12.1. The molecule has 0 bridgehead atoms. The lowest BCUT2D eigenvalue weighted by molar-refractivity contribution is 0.597. The number of nitrogens with zero attached hydrogens (tertiary/aromatic N) is 3. The van der Waals surface area contributed by atoms with Gasteiger partial charge in [0.1, 0.15) is 5.69 Å². The Morgan fingerprint density at radius 1 is 1.04 bits per heavy atom. The van der Waals surface area contributed by atoms with Crippen LogP contribution in [0, 0.1) is 0 Å². The Morgan fingerprint density at radius 2 is 1.83 bits per heavy atom. The maximum Gasteiger partial charge on any atom is 0.208 e. The van der Waals surface area contributed by atoms with E-state index in [1.54, 1.807) is 36.5 Å². The minimum Gasteiger partial charge on any atom is -0.257 e. The lowest BCUT2D eigenvalue weighted by Gasteiger charge is -2.02. The van der Waals surface area contributed by atoms with Crippen LogP contribution in [-0.2, 0) is 9.84 Å². The highest BCUT2D eigenvalue weighted by molar-refractivity contribution is 8.00. The van der Waals surface area contributed by atoms with Crippen molar-refractivity contribution >= 4 is 21.6 Å². The van der Waals surface area contributed by atoms with E-state index in [9.17, 15) is 8.42 Å². The smallest absolute Gasteiger partial charge is 0.208 e. The van der Waals surface area contributed by atoms with Crippen LogP contribution in [0.4, 0.5) is 0 Å². The fourth-order valence-electron chi connectivity index (χ4n) is 1.92. The maximum atomic E-state index is 12.2. The minimum atomic E-state index is -3.27. The number of pyridine rings is 1. The van der Waals surface area contributed by atoms with Crippen molar-refractivity contribution in [2.45, 2.75) is 10.1 Å². The second-order valence-electron chi connectivity index (χ2n) is 4.66. The Kier molecular flexibility index (Phi) is 4.73. The van der Waals surface area contributed by atoms with Gasteiger partial charge in [-0.25, -0.2) is 8.42 Å². The maximum absolute atomic E-state index is 12.2. The van der Waals surface area contributed by atoms with Crippen LogP contribution in [0.15, 0.2) is 64.8 Å².